The summed E-state index contributed by atoms with van der Waals surface area (Å²) in [6.45, 7) is 2.06. The predicted molar refractivity (Wildman–Crippen MR) is 109 cm³/mol. The van der Waals surface area contributed by atoms with E-state index in [2.05, 4.69) is 5.32 Å². The highest BCUT2D eigenvalue weighted by Gasteiger charge is 2.48. The Balaban J connectivity index is 2.05. The number of carbonyl (C=O) groups is 2. The lowest BCUT2D eigenvalue weighted by Crippen LogP contribution is -2.50. The molecule has 2 aromatic rings. The van der Waals surface area contributed by atoms with Crippen LogP contribution >= 0.6 is 11.3 Å². The summed E-state index contributed by atoms with van der Waals surface area (Å²) >= 11 is 1.13. The number of rotatable bonds is 7. The lowest BCUT2D eigenvalue weighted by molar-refractivity contribution is -0.171. The Kier molecular flexibility index (Phi) is 7.02. The molecule has 1 saturated carbocycles. The van der Waals surface area contributed by atoms with Gasteiger partial charge in [0.1, 0.15) is 5.75 Å². The quantitative estimate of drug-likeness (QED) is 0.670. The third kappa shape index (κ3) is 5.13. The number of thiophene rings is 1. The van der Waals surface area contributed by atoms with Crippen molar-refractivity contribution in [2.45, 2.75) is 50.9 Å². The number of nitrogens with zero attached hydrogens (tertiary/aromatic N) is 1. The van der Waals surface area contributed by atoms with Crippen molar-refractivity contribution in [3.05, 3.63) is 46.7 Å². The van der Waals surface area contributed by atoms with Gasteiger partial charge in [0.25, 0.3) is 0 Å². The van der Waals surface area contributed by atoms with Crippen molar-refractivity contribution in [3.63, 3.8) is 0 Å². The molecular formula is C21H23F3N2O3S. The van der Waals surface area contributed by atoms with E-state index in [9.17, 15) is 22.8 Å². The fraction of sp³-hybridized carbons (Fsp3) is 0.429. The van der Waals surface area contributed by atoms with E-state index in [4.69, 9.17) is 4.74 Å². The van der Waals surface area contributed by atoms with E-state index in [-0.39, 0.29) is 11.7 Å². The number of halogens is 3. The third-order valence-corrected chi connectivity index (χ3v) is 5.81. The van der Waals surface area contributed by atoms with Crippen molar-refractivity contribution in [1.29, 1.82) is 0 Å². The van der Waals surface area contributed by atoms with Gasteiger partial charge in [-0.05, 0) is 43.3 Å². The third-order valence-electron chi connectivity index (χ3n) is 4.89. The monoisotopic (exact) mass is 440 g/mol. The van der Waals surface area contributed by atoms with E-state index in [1.807, 2.05) is 0 Å². The fourth-order valence-electron chi connectivity index (χ4n) is 3.58. The molecule has 3 rings (SSSR count). The van der Waals surface area contributed by atoms with Crippen LogP contribution in [0.4, 0.5) is 18.9 Å². The van der Waals surface area contributed by atoms with Crippen molar-refractivity contribution in [2.24, 2.45) is 0 Å². The molecule has 0 radical (unpaired) electrons. The minimum absolute atomic E-state index is 0.0525. The van der Waals surface area contributed by atoms with E-state index in [1.54, 1.807) is 30.5 Å². The molecule has 9 heteroatoms. The molecule has 0 unspecified atom stereocenters. The molecule has 1 aromatic heterocycles. The summed E-state index contributed by atoms with van der Waals surface area (Å²) in [6.07, 6.45) is -1.69. The fourth-order valence-corrected chi connectivity index (χ4v) is 4.39. The van der Waals surface area contributed by atoms with Gasteiger partial charge in [-0.3, -0.25) is 14.5 Å². The molecule has 5 nitrogen and oxygen atoms in total. The highest BCUT2D eigenvalue weighted by molar-refractivity contribution is 7.10. The summed E-state index contributed by atoms with van der Waals surface area (Å²) in [7, 11) is 0. The predicted octanol–water partition coefficient (Wildman–Crippen LogP) is 4.84. The first-order valence-electron chi connectivity index (χ1n) is 9.78. The molecule has 1 atom stereocenters. The molecular weight excluding hydrogens is 417 g/mol. The Labute approximate surface area is 176 Å². The number of amides is 2. The van der Waals surface area contributed by atoms with Crippen molar-refractivity contribution in [3.8, 4) is 5.75 Å². The lowest BCUT2D eigenvalue weighted by atomic mass is 10.1. The van der Waals surface area contributed by atoms with Crippen LogP contribution in [0, 0.1) is 0 Å². The van der Waals surface area contributed by atoms with E-state index >= 15 is 0 Å². The van der Waals surface area contributed by atoms with E-state index in [1.165, 1.54) is 18.2 Å². The summed E-state index contributed by atoms with van der Waals surface area (Å²) in [6, 6.07) is 7.47. The zero-order valence-corrected chi connectivity index (χ0v) is 17.3. The number of benzene rings is 1. The van der Waals surface area contributed by atoms with Crippen LogP contribution in [-0.4, -0.2) is 30.6 Å². The molecule has 1 aliphatic rings. The Morgan fingerprint density at radius 3 is 2.57 bits per heavy atom. The van der Waals surface area contributed by atoms with Gasteiger partial charge in [-0.15, -0.1) is 11.3 Å². The highest BCUT2D eigenvalue weighted by atomic mass is 32.1. The normalized spacial score (nSPS) is 15.6. The van der Waals surface area contributed by atoms with Gasteiger partial charge in [0.15, 0.2) is 6.04 Å². The first-order valence-corrected chi connectivity index (χ1v) is 10.7. The Morgan fingerprint density at radius 2 is 1.97 bits per heavy atom. The van der Waals surface area contributed by atoms with Gasteiger partial charge in [0.05, 0.1) is 6.61 Å². The Morgan fingerprint density at radius 1 is 1.23 bits per heavy atom. The molecule has 2 amide bonds. The molecule has 30 heavy (non-hydrogen) atoms. The molecule has 0 aliphatic heterocycles. The SMILES string of the molecule is CCOc1cccc(N(C(=O)C(F)(F)F)[C@@H](C(=O)NC2CCCC2)c2cccs2)c1. The average molecular weight is 440 g/mol. The molecule has 1 fully saturated rings. The zero-order chi connectivity index (χ0) is 21.7. The van der Waals surface area contributed by atoms with Gasteiger partial charge in [-0.1, -0.05) is 25.0 Å². The molecule has 0 saturated heterocycles. The Bertz CT molecular complexity index is 865. The topological polar surface area (TPSA) is 58.6 Å². The maximum absolute atomic E-state index is 13.6. The maximum Gasteiger partial charge on any atom is 0.471 e. The summed E-state index contributed by atoms with van der Waals surface area (Å²) in [5.41, 5.74) is -0.0525. The number of hydrogen-bond acceptors (Lipinski definition) is 4. The molecule has 0 spiro atoms. The molecule has 1 aromatic carbocycles. The smallest absolute Gasteiger partial charge is 0.471 e. The number of ether oxygens (including phenoxy) is 1. The van der Waals surface area contributed by atoms with E-state index < -0.39 is 24.0 Å². The first-order chi connectivity index (χ1) is 14.3. The van der Waals surface area contributed by atoms with Crippen molar-refractivity contribution >= 4 is 28.8 Å². The van der Waals surface area contributed by atoms with Gasteiger partial charge < -0.3 is 10.1 Å². The molecule has 1 heterocycles. The maximum atomic E-state index is 13.6. The van der Waals surface area contributed by atoms with Crippen molar-refractivity contribution < 1.29 is 27.5 Å². The number of anilines is 1. The van der Waals surface area contributed by atoms with Crippen LogP contribution in [0.1, 0.15) is 43.5 Å². The van der Waals surface area contributed by atoms with Crippen LogP contribution < -0.4 is 15.0 Å². The van der Waals surface area contributed by atoms with E-state index in [0.29, 0.717) is 22.1 Å². The van der Waals surface area contributed by atoms with Gasteiger partial charge in [0, 0.05) is 22.7 Å². The first kappa shape index (κ1) is 22.1. The number of alkyl halides is 3. The second-order valence-electron chi connectivity index (χ2n) is 7.01. The average Bonchev–Trinajstić information content (AvgIpc) is 3.39. The summed E-state index contributed by atoms with van der Waals surface area (Å²) in [4.78, 5) is 26.5. The number of hydrogen-bond donors (Lipinski definition) is 1. The molecule has 0 bridgehead atoms. The summed E-state index contributed by atoms with van der Waals surface area (Å²) in [5.74, 6) is -2.41. The second kappa shape index (κ2) is 9.51. The van der Waals surface area contributed by atoms with Crippen LogP contribution in [-0.2, 0) is 9.59 Å². The van der Waals surface area contributed by atoms with Gasteiger partial charge >= 0.3 is 12.1 Å². The highest BCUT2D eigenvalue weighted by Crippen LogP contribution is 2.36. The minimum atomic E-state index is -5.15. The van der Waals surface area contributed by atoms with E-state index in [0.717, 1.165) is 37.0 Å². The van der Waals surface area contributed by atoms with Gasteiger partial charge in [-0.2, -0.15) is 13.2 Å². The molecule has 1 aliphatic carbocycles. The Hall–Kier alpha value is -2.55. The summed E-state index contributed by atoms with van der Waals surface area (Å²) in [5, 5.41) is 4.50. The second-order valence-corrected chi connectivity index (χ2v) is 7.99. The number of nitrogens with one attached hydrogen (secondary N) is 1. The number of carbonyl (C=O) groups excluding carboxylic acids is 2. The zero-order valence-electron chi connectivity index (χ0n) is 16.4. The molecule has 1 N–H and O–H groups in total. The van der Waals surface area contributed by atoms with Gasteiger partial charge in [-0.25, -0.2) is 0 Å². The summed E-state index contributed by atoms with van der Waals surface area (Å²) < 4.78 is 46.0. The van der Waals surface area contributed by atoms with Crippen LogP contribution in [0.25, 0.3) is 0 Å². The minimum Gasteiger partial charge on any atom is -0.494 e. The van der Waals surface area contributed by atoms with Crippen LogP contribution in [0.5, 0.6) is 5.75 Å². The van der Waals surface area contributed by atoms with Crippen molar-refractivity contribution in [1.82, 2.24) is 5.32 Å². The van der Waals surface area contributed by atoms with Crippen molar-refractivity contribution in [2.75, 3.05) is 11.5 Å². The van der Waals surface area contributed by atoms with Crippen LogP contribution in [0.15, 0.2) is 41.8 Å². The van der Waals surface area contributed by atoms with Gasteiger partial charge in [0.2, 0.25) is 5.91 Å². The largest absolute Gasteiger partial charge is 0.494 e. The lowest BCUT2D eigenvalue weighted by Gasteiger charge is -2.32. The standard InChI is InChI=1S/C21H23F3N2O3S/c1-2-29-16-10-5-9-15(13-16)26(20(28)21(22,23)24)18(17-11-6-12-30-17)19(27)25-14-7-3-4-8-14/h5-6,9-14,18H,2-4,7-8H2,1H3,(H,25,27)/t18-/m1/s1. The molecule has 162 valence electrons. The van der Waals surface area contributed by atoms with Crippen LogP contribution in [0.3, 0.4) is 0 Å². The van der Waals surface area contributed by atoms with Crippen LogP contribution in [0.2, 0.25) is 0 Å².